The Hall–Kier alpha value is -2.36. The quantitative estimate of drug-likeness (QED) is 0.760. The molecule has 0 aliphatic heterocycles. The maximum Gasteiger partial charge on any atom is 0.146 e. The second-order valence-electron chi connectivity index (χ2n) is 4.68. The molecular weight excluding hydrogens is 241 g/mol. The molecule has 0 saturated heterocycles. The molecule has 4 heteroatoms. The Bertz CT molecular complexity index is 698. The molecule has 2 heterocycles. The van der Waals surface area contributed by atoms with E-state index >= 15 is 0 Å². The molecule has 2 aromatic heterocycles. The van der Waals surface area contributed by atoms with Crippen LogP contribution >= 0.6 is 0 Å². The van der Waals surface area contributed by atoms with Gasteiger partial charge in [0.1, 0.15) is 11.5 Å². The van der Waals surface area contributed by atoms with Crippen molar-refractivity contribution in [3.05, 3.63) is 48.4 Å². The van der Waals surface area contributed by atoms with Gasteiger partial charge < -0.3 is 9.88 Å². The van der Waals surface area contributed by atoms with Crippen molar-refractivity contribution in [1.29, 1.82) is 0 Å². The normalized spacial score (nSPS) is 10.9. The molecule has 3 nitrogen and oxygen atoms in total. The van der Waals surface area contributed by atoms with Crippen LogP contribution in [0.2, 0.25) is 0 Å². The van der Waals surface area contributed by atoms with Crippen molar-refractivity contribution in [3.8, 4) is 11.3 Å². The van der Waals surface area contributed by atoms with Gasteiger partial charge in [-0.1, -0.05) is 0 Å². The van der Waals surface area contributed by atoms with Gasteiger partial charge in [-0.05, 0) is 36.4 Å². The van der Waals surface area contributed by atoms with Crippen molar-refractivity contribution in [2.24, 2.45) is 0 Å². The summed E-state index contributed by atoms with van der Waals surface area (Å²) in [6.07, 6.45) is 1.75. The highest BCUT2D eigenvalue weighted by atomic mass is 19.1. The number of hydrogen-bond acceptors (Lipinski definition) is 2. The fourth-order valence-electron chi connectivity index (χ4n) is 2.14. The number of halogens is 1. The first-order valence-electron chi connectivity index (χ1n) is 6.06. The molecule has 0 aliphatic rings. The van der Waals surface area contributed by atoms with Crippen molar-refractivity contribution in [1.82, 2.24) is 9.97 Å². The zero-order valence-corrected chi connectivity index (χ0v) is 10.8. The summed E-state index contributed by atoms with van der Waals surface area (Å²) in [5.41, 5.74) is 3.30. The molecule has 0 radical (unpaired) electrons. The molecule has 0 amide bonds. The highest BCUT2D eigenvalue weighted by molar-refractivity contribution is 5.83. The summed E-state index contributed by atoms with van der Waals surface area (Å²) in [6.45, 7) is 0. The van der Waals surface area contributed by atoms with E-state index in [1.54, 1.807) is 17.2 Å². The molecule has 0 spiro atoms. The lowest BCUT2D eigenvalue weighted by atomic mass is 10.1. The minimum atomic E-state index is -0.219. The summed E-state index contributed by atoms with van der Waals surface area (Å²) in [4.78, 5) is 9.27. The van der Waals surface area contributed by atoms with Crippen LogP contribution in [0.25, 0.3) is 22.3 Å². The number of fused-ring (bicyclic) bond motifs is 1. The molecule has 0 atom stereocenters. The summed E-state index contributed by atoms with van der Waals surface area (Å²) in [5, 5.41) is 1.05. The monoisotopic (exact) mass is 255 g/mol. The molecule has 0 unspecified atom stereocenters. The van der Waals surface area contributed by atoms with E-state index in [0.29, 0.717) is 5.69 Å². The van der Waals surface area contributed by atoms with E-state index in [-0.39, 0.29) is 5.82 Å². The average Bonchev–Trinajstić information content (AvgIpc) is 2.82. The first kappa shape index (κ1) is 11.7. The van der Waals surface area contributed by atoms with Crippen LogP contribution in [-0.2, 0) is 0 Å². The number of benzene rings is 1. The number of anilines is 1. The van der Waals surface area contributed by atoms with Crippen LogP contribution in [-0.4, -0.2) is 24.1 Å². The van der Waals surface area contributed by atoms with Gasteiger partial charge in [-0.3, -0.25) is 0 Å². The Kier molecular flexibility index (Phi) is 2.71. The van der Waals surface area contributed by atoms with Gasteiger partial charge in [0.25, 0.3) is 0 Å². The summed E-state index contributed by atoms with van der Waals surface area (Å²) in [7, 11) is 3.66. The fraction of sp³-hybridized carbons (Fsp3) is 0.133. The fourth-order valence-corrected chi connectivity index (χ4v) is 2.14. The molecule has 1 aromatic carbocycles. The van der Waals surface area contributed by atoms with Crippen LogP contribution in [0.1, 0.15) is 0 Å². The highest BCUT2D eigenvalue weighted by Gasteiger charge is 2.09. The molecule has 1 N–H and O–H groups in total. The minimum absolute atomic E-state index is 0.219. The van der Waals surface area contributed by atoms with Crippen molar-refractivity contribution in [3.63, 3.8) is 0 Å². The molecule has 19 heavy (non-hydrogen) atoms. The third-order valence-electron chi connectivity index (χ3n) is 3.13. The van der Waals surface area contributed by atoms with Gasteiger partial charge in [0.05, 0.1) is 5.69 Å². The molecular formula is C15H14FN3. The van der Waals surface area contributed by atoms with Gasteiger partial charge in [0.2, 0.25) is 0 Å². The van der Waals surface area contributed by atoms with Crippen LogP contribution in [0.5, 0.6) is 0 Å². The second-order valence-corrected chi connectivity index (χ2v) is 4.68. The summed E-state index contributed by atoms with van der Waals surface area (Å²) in [5.74, 6) is -0.219. The first-order valence-corrected chi connectivity index (χ1v) is 6.06. The number of hydrogen-bond donors (Lipinski definition) is 1. The van der Waals surface area contributed by atoms with Crippen molar-refractivity contribution < 1.29 is 4.39 Å². The third-order valence-corrected chi connectivity index (χ3v) is 3.13. The lowest BCUT2D eigenvalue weighted by Gasteiger charge is -2.14. The number of nitrogens with one attached hydrogen (secondary N) is 1. The van der Waals surface area contributed by atoms with E-state index in [1.807, 2.05) is 38.4 Å². The van der Waals surface area contributed by atoms with Crippen LogP contribution in [0.3, 0.4) is 0 Å². The second kappa shape index (κ2) is 4.39. The van der Waals surface area contributed by atoms with Crippen LogP contribution in [0.4, 0.5) is 10.1 Å². The van der Waals surface area contributed by atoms with Gasteiger partial charge in [-0.2, -0.15) is 0 Å². The highest BCUT2D eigenvalue weighted by Crippen LogP contribution is 2.27. The molecule has 96 valence electrons. The van der Waals surface area contributed by atoms with Crippen molar-refractivity contribution in [2.75, 3.05) is 19.0 Å². The zero-order chi connectivity index (χ0) is 13.4. The topological polar surface area (TPSA) is 31.9 Å². The number of nitrogens with zero attached hydrogens (tertiary/aromatic N) is 2. The predicted molar refractivity (Wildman–Crippen MR) is 75.8 cm³/mol. The Labute approximate surface area is 110 Å². The van der Waals surface area contributed by atoms with Gasteiger partial charge in [-0.15, -0.1) is 0 Å². The molecule has 0 saturated carbocycles. The smallest absolute Gasteiger partial charge is 0.146 e. The van der Waals surface area contributed by atoms with E-state index in [1.165, 1.54) is 6.07 Å². The van der Waals surface area contributed by atoms with Crippen molar-refractivity contribution >= 4 is 16.7 Å². The number of aromatic amines is 1. The maximum absolute atomic E-state index is 13.7. The third kappa shape index (κ3) is 2.05. The Morgan fingerprint density at radius 2 is 2.00 bits per heavy atom. The first-order chi connectivity index (χ1) is 9.15. The van der Waals surface area contributed by atoms with Gasteiger partial charge in [0.15, 0.2) is 0 Å². The maximum atomic E-state index is 13.7. The van der Waals surface area contributed by atoms with E-state index in [2.05, 4.69) is 9.97 Å². The standard InChI is InChI=1S/C15H14FN3/c1-19(2)14-9-10(5-6-12(14)16)13-8-11-4-3-7-17-15(11)18-13/h3-9H,1-2H3,(H,17,18). The summed E-state index contributed by atoms with van der Waals surface area (Å²) < 4.78 is 13.7. The van der Waals surface area contributed by atoms with Gasteiger partial charge in [-0.25, -0.2) is 9.37 Å². The Morgan fingerprint density at radius 1 is 1.16 bits per heavy atom. The summed E-state index contributed by atoms with van der Waals surface area (Å²) >= 11 is 0. The van der Waals surface area contributed by atoms with Crippen molar-refractivity contribution in [2.45, 2.75) is 0 Å². The van der Waals surface area contributed by atoms with Gasteiger partial charge >= 0.3 is 0 Å². The summed E-state index contributed by atoms with van der Waals surface area (Å²) in [6, 6.07) is 11.0. The Morgan fingerprint density at radius 3 is 2.74 bits per heavy atom. The number of H-pyrrole nitrogens is 1. The van der Waals surface area contributed by atoms with Crippen LogP contribution in [0.15, 0.2) is 42.6 Å². The molecule has 0 bridgehead atoms. The van der Waals surface area contributed by atoms with E-state index in [0.717, 1.165) is 22.3 Å². The van der Waals surface area contributed by atoms with E-state index in [4.69, 9.17) is 0 Å². The number of pyridine rings is 1. The minimum Gasteiger partial charge on any atom is -0.375 e. The molecule has 3 rings (SSSR count). The number of aromatic nitrogens is 2. The molecule has 0 aliphatic carbocycles. The predicted octanol–water partition coefficient (Wildman–Crippen LogP) is 3.44. The van der Waals surface area contributed by atoms with Crippen LogP contribution < -0.4 is 4.90 Å². The van der Waals surface area contributed by atoms with Crippen LogP contribution in [0, 0.1) is 5.82 Å². The molecule has 3 aromatic rings. The molecule has 0 fully saturated rings. The lowest BCUT2D eigenvalue weighted by Crippen LogP contribution is -2.10. The largest absolute Gasteiger partial charge is 0.375 e. The average molecular weight is 255 g/mol. The van der Waals surface area contributed by atoms with E-state index < -0.39 is 0 Å². The lowest BCUT2D eigenvalue weighted by molar-refractivity contribution is 0.626. The Balaban J connectivity index is 2.13. The number of rotatable bonds is 2. The van der Waals surface area contributed by atoms with Gasteiger partial charge in [0, 0.05) is 36.9 Å². The van der Waals surface area contributed by atoms with E-state index in [9.17, 15) is 4.39 Å². The zero-order valence-electron chi connectivity index (χ0n) is 10.8. The SMILES string of the molecule is CN(C)c1cc(-c2cc3cccnc3[nH]2)ccc1F.